The Balaban J connectivity index is 1.53. The largest absolute Gasteiger partial charge is 0.481 e. The molecule has 32 heavy (non-hydrogen) atoms. The van der Waals surface area contributed by atoms with Crippen molar-refractivity contribution in [3.8, 4) is 0 Å². The van der Waals surface area contributed by atoms with E-state index in [1.54, 1.807) is 6.20 Å². The summed E-state index contributed by atoms with van der Waals surface area (Å²) < 4.78 is 0. The SMILES string of the molecule is CC1=CCC(C)c2cc(C3N=C(C4CCC(C)(C(=O)O)CC4)N4C=CN=C(N)C34C)[nH]c21. The van der Waals surface area contributed by atoms with E-state index in [4.69, 9.17) is 10.7 Å². The first-order valence-electron chi connectivity index (χ1n) is 11.7. The van der Waals surface area contributed by atoms with Crippen LogP contribution in [0.15, 0.2) is 34.5 Å². The van der Waals surface area contributed by atoms with Gasteiger partial charge in [-0.15, -0.1) is 0 Å². The molecule has 1 aromatic rings. The van der Waals surface area contributed by atoms with Gasteiger partial charge in [0, 0.05) is 29.7 Å². The fourth-order valence-corrected chi connectivity index (χ4v) is 5.83. The van der Waals surface area contributed by atoms with Crippen LogP contribution in [-0.4, -0.2) is 38.2 Å². The van der Waals surface area contributed by atoms with Crippen LogP contribution in [0, 0.1) is 11.3 Å². The molecular formula is C25H33N5O2. The molecule has 3 heterocycles. The van der Waals surface area contributed by atoms with Gasteiger partial charge in [-0.1, -0.05) is 13.0 Å². The predicted octanol–water partition coefficient (Wildman–Crippen LogP) is 4.56. The number of allylic oxidation sites excluding steroid dienone is 2. The summed E-state index contributed by atoms with van der Waals surface area (Å²) in [6.45, 7) is 8.40. The van der Waals surface area contributed by atoms with Crippen LogP contribution in [0.3, 0.4) is 0 Å². The molecule has 0 spiro atoms. The molecule has 1 aromatic heterocycles. The highest BCUT2D eigenvalue weighted by molar-refractivity contribution is 6.01. The van der Waals surface area contributed by atoms with Gasteiger partial charge in [0.25, 0.3) is 0 Å². The van der Waals surface area contributed by atoms with E-state index in [2.05, 4.69) is 47.8 Å². The lowest BCUT2D eigenvalue weighted by Crippen LogP contribution is -2.57. The molecule has 3 atom stereocenters. The van der Waals surface area contributed by atoms with Crippen LogP contribution in [0.1, 0.15) is 88.7 Å². The number of fused-ring (bicyclic) bond motifs is 2. The minimum Gasteiger partial charge on any atom is -0.481 e. The zero-order valence-electron chi connectivity index (χ0n) is 19.4. The number of carboxylic acids is 1. The Kier molecular flexibility index (Phi) is 4.66. The summed E-state index contributed by atoms with van der Waals surface area (Å²) in [4.78, 5) is 27.3. The van der Waals surface area contributed by atoms with Gasteiger partial charge < -0.3 is 20.7 Å². The highest BCUT2D eigenvalue weighted by Crippen LogP contribution is 2.48. The highest BCUT2D eigenvalue weighted by Gasteiger charge is 2.53. The zero-order valence-corrected chi connectivity index (χ0v) is 19.4. The molecule has 1 saturated carbocycles. The number of H-pyrrole nitrogens is 1. The Morgan fingerprint density at radius 1 is 1.31 bits per heavy atom. The van der Waals surface area contributed by atoms with Crippen LogP contribution >= 0.6 is 0 Å². The van der Waals surface area contributed by atoms with Crippen molar-refractivity contribution in [2.24, 2.45) is 27.1 Å². The molecule has 170 valence electrons. The lowest BCUT2D eigenvalue weighted by molar-refractivity contribution is -0.150. The standard InChI is InChI=1S/C25H33N5O2/c1-14-5-6-15(2)19-17(14)13-18(28-19)20-25(4)22(26)27-11-12-30(25)21(29-20)16-7-9-24(3,10-8-16)23(31)32/h6,11-14,16,20,28H,5,7-10H2,1-4H3,(H2,26,27)(H,31,32). The van der Waals surface area contributed by atoms with E-state index < -0.39 is 16.9 Å². The molecule has 4 aliphatic rings. The molecule has 4 N–H and O–H groups in total. The summed E-state index contributed by atoms with van der Waals surface area (Å²) in [5.74, 6) is 1.55. The van der Waals surface area contributed by atoms with Crippen molar-refractivity contribution in [2.45, 2.75) is 77.3 Å². The smallest absolute Gasteiger partial charge is 0.309 e. The van der Waals surface area contributed by atoms with Crippen molar-refractivity contribution < 1.29 is 9.90 Å². The fourth-order valence-electron chi connectivity index (χ4n) is 5.83. The number of carboxylic acid groups (broad SMARTS) is 1. The Bertz CT molecular complexity index is 1090. The molecule has 5 rings (SSSR count). The normalized spacial score (nSPS) is 36.2. The van der Waals surface area contributed by atoms with Gasteiger partial charge in [-0.3, -0.25) is 9.79 Å². The van der Waals surface area contributed by atoms with Gasteiger partial charge in [0.1, 0.15) is 23.3 Å². The monoisotopic (exact) mass is 435 g/mol. The quantitative estimate of drug-likeness (QED) is 0.647. The van der Waals surface area contributed by atoms with Crippen molar-refractivity contribution >= 4 is 23.2 Å². The molecule has 2 aliphatic heterocycles. The van der Waals surface area contributed by atoms with Gasteiger partial charge in [-0.05, 0) is 76.0 Å². The molecule has 0 bridgehead atoms. The van der Waals surface area contributed by atoms with Crippen LogP contribution in [0.4, 0.5) is 0 Å². The van der Waals surface area contributed by atoms with E-state index in [0.717, 1.165) is 30.8 Å². The minimum absolute atomic E-state index is 0.190. The molecule has 3 unspecified atom stereocenters. The predicted molar refractivity (Wildman–Crippen MR) is 126 cm³/mol. The summed E-state index contributed by atoms with van der Waals surface area (Å²) in [6.07, 6.45) is 10.0. The van der Waals surface area contributed by atoms with Crippen LogP contribution in [0.5, 0.6) is 0 Å². The maximum Gasteiger partial charge on any atom is 0.309 e. The third-order valence-electron chi connectivity index (χ3n) is 8.33. The maximum atomic E-state index is 11.7. The average Bonchev–Trinajstić information content (AvgIpc) is 3.33. The molecule has 0 saturated heterocycles. The first-order valence-corrected chi connectivity index (χ1v) is 11.7. The molecule has 1 fully saturated rings. The summed E-state index contributed by atoms with van der Waals surface area (Å²) in [7, 11) is 0. The second-order valence-corrected chi connectivity index (χ2v) is 10.4. The number of amidine groups is 2. The van der Waals surface area contributed by atoms with Crippen LogP contribution in [0.25, 0.3) is 5.57 Å². The van der Waals surface area contributed by atoms with Crippen LogP contribution in [-0.2, 0) is 4.79 Å². The number of carbonyl (C=O) groups is 1. The Morgan fingerprint density at radius 2 is 2.03 bits per heavy atom. The molecule has 7 nitrogen and oxygen atoms in total. The molecular weight excluding hydrogens is 402 g/mol. The lowest BCUT2D eigenvalue weighted by Gasteiger charge is -2.42. The number of hydrogen-bond donors (Lipinski definition) is 3. The van der Waals surface area contributed by atoms with E-state index in [1.807, 2.05) is 13.1 Å². The van der Waals surface area contributed by atoms with Crippen molar-refractivity contribution in [3.63, 3.8) is 0 Å². The average molecular weight is 436 g/mol. The van der Waals surface area contributed by atoms with E-state index in [-0.39, 0.29) is 12.0 Å². The second-order valence-electron chi connectivity index (χ2n) is 10.4. The number of nitrogens with zero attached hydrogens (tertiary/aromatic N) is 3. The molecule has 7 heteroatoms. The number of nitrogens with two attached hydrogens (primary N) is 1. The number of aliphatic imine (C=N–C) groups is 2. The van der Waals surface area contributed by atoms with Gasteiger partial charge in [-0.2, -0.15) is 0 Å². The number of aromatic nitrogens is 1. The van der Waals surface area contributed by atoms with Gasteiger partial charge in [0.2, 0.25) is 0 Å². The van der Waals surface area contributed by atoms with E-state index in [9.17, 15) is 9.90 Å². The highest BCUT2D eigenvalue weighted by atomic mass is 16.4. The third kappa shape index (κ3) is 2.90. The summed E-state index contributed by atoms with van der Waals surface area (Å²) in [6, 6.07) is 2.08. The zero-order chi connectivity index (χ0) is 22.8. The topological polar surface area (TPSA) is 107 Å². The van der Waals surface area contributed by atoms with Crippen molar-refractivity contribution in [1.82, 2.24) is 9.88 Å². The summed E-state index contributed by atoms with van der Waals surface area (Å²) in [5.41, 5.74) is 10.2. The van der Waals surface area contributed by atoms with E-state index in [0.29, 0.717) is 24.6 Å². The van der Waals surface area contributed by atoms with Crippen molar-refractivity contribution in [1.29, 1.82) is 0 Å². The molecule has 0 radical (unpaired) electrons. The number of aromatic amines is 1. The number of aliphatic carboxylic acids is 1. The van der Waals surface area contributed by atoms with Gasteiger partial charge in [0.05, 0.1) is 5.41 Å². The van der Waals surface area contributed by atoms with Gasteiger partial charge in [0.15, 0.2) is 0 Å². The van der Waals surface area contributed by atoms with Crippen molar-refractivity contribution in [3.05, 3.63) is 41.5 Å². The van der Waals surface area contributed by atoms with Crippen LogP contribution < -0.4 is 5.73 Å². The summed E-state index contributed by atoms with van der Waals surface area (Å²) >= 11 is 0. The molecule has 0 amide bonds. The Labute approximate surface area is 189 Å². The van der Waals surface area contributed by atoms with E-state index >= 15 is 0 Å². The third-order valence-corrected chi connectivity index (χ3v) is 8.33. The number of nitrogens with one attached hydrogen (secondary N) is 1. The molecule has 2 aliphatic carbocycles. The maximum absolute atomic E-state index is 11.7. The van der Waals surface area contributed by atoms with Gasteiger partial charge >= 0.3 is 5.97 Å². The second kappa shape index (κ2) is 7.09. The van der Waals surface area contributed by atoms with Crippen molar-refractivity contribution in [2.75, 3.05) is 0 Å². The minimum atomic E-state index is -0.698. The number of rotatable bonds is 3. The first kappa shape index (κ1) is 21.0. The fraction of sp³-hybridized carbons (Fsp3) is 0.560. The molecule has 0 aromatic carbocycles. The van der Waals surface area contributed by atoms with Crippen LogP contribution in [0.2, 0.25) is 0 Å². The van der Waals surface area contributed by atoms with Gasteiger partial charge in [-0.25, -0.2) is 4.99 Å². The first-order chi connectivity index (χ1) is 15.1. The lowest BCUT2D eigenvalue weighted by atomic mass is 9.71. The number of hydrogen-bond acceptors (Lipinski definition) is 5. The Hall–Kier alpha value is -2.83. The summed E-state index contributed by atoms with van der Waals surface area (Å²) in [5, 5.41) is 9.63. The van der Waals surface area contributed by atoms with E-state index in [1.165, 1.54) is 16.8 Å². The Morgan fingerprint density at radius 3 is 2.69 bits per heavy atom.